The molecule has 0 N–H and O–H groups in total. The van der Waals surface area contributed by atoms with Crippen molar-refractivity contribution in [3.63, 3.8) is 0 Å². The molecule has 54 heavy (non-hydrogen) atoms. The molecule has 3 heterocycles. The van der Waals surface area contributed by atoms with Gasteiger partial charge in [0.2, 0.25) is 0 Å². The first kappa shape index (κ1) is 39.4. The van der Waals surface area contributed by atoms with Crippen LogP contribution in [0.3, 0.4) is 0 Å². The molecule has 1 aliphatic rings. The van der Waals surface area contributed by atoms with Crippen molar-refractivity contribution >= 4 is 5.69 Å². The zero-order chi connectivity index (χ0) is 35.5. The van der Waals surface area contributed by atoms with Gasteiger partial charge in [0.05, 0.1) is 0 Å². The van der Waals surface area contributed by atoms with E-state index in [1.807, 2.05) is 145 Å². The number of hydrogen-bond donors (Lipinski definition) is 0. The summed E-state index contributed by atoms with van der Waals surface area (Å²) < 4.78 is 20.0. The first-order valence-corrected chi connectivity index (χ1v) is 16.2. The molecule has 0 atom stereocenters. The Morgan fingerprint density at radius 1 is 0.648 bits per heavy atom. The molecule has 8 rings (SSSR count). The number of hydrogen-bond acceptors (Lipinski definition) is 6. The number of anilines is 1. The van der Waals surface area contributed by atoms with Crippen molar-refractivity contribution in [2.75, 3.05) is 11.9 Å². The van der Waals surface area contributed by atoms with E-state index in [0.29, 0.717) is 40.2 Å². The van der Waals surface area contributed by atoms with Crippen LogP contribution in [0.4, 0.5) is 5.69 Å². The van der Waals surface area contributed by atoms with E-state index in [1.54, 1.807) is 35.3 Å². The molecule has 7 nitrogen and oxygen atoms in total. The zero-order valence-electron chi connectivity index (χ0n) is 28.7. The molecule has 270 valence electrons. The quantitative estimate of drug-likeness (QED) is 0.106. The summed E-state index contributed by atoms with van der Waals surface area (Å²) >= 11 is 0. The second kappa shape index (κ2) is 19.3. The molecular weight excluding hydrogens is 1030 g/mol. The second-order valence-electron chi connectivity index (χ2n) is 11.3. The minimum Gasteiger partial charge on any atom is -0.669 e. The molecule has 0 unspecified atom stereocenters. The molecule has 0 bridgehead atoms. The number of benzene rings is 5. The summed E-state index contributed by atoms with van der Waals surface area (Å²) in [5.41, 5.74) is 3.84. The molecule has 0 saturated carbocycles. The van der Waals surface area contributed by atoms with Gasteiger partial charge in [0.1, 0.15) is 5.75 Å². The zero-order valence-corrected chi connectivity index (χ0v) is 33.2. The van der Waals surface area contributed by atoms with Gasteiger partial charge in [0.25, 0.3) is 0 Å². The van der Waals surface area contributed by atoms with Crippen molar-refractivity contribution in [1.29, 1.82) is 0 Å². The van der Waals surface area contributed by atoms with Gasteiger partial charge >= 0.3 is 21.1 Å². The molecule has 9 heteroatoms. The fourth-order valence-corrected chi connectivity index (χ4v) is 5.07. The van der Waals surface area contributed by atoms with Crippen molar-refractivity contribution in [3.05, 3.63) is 196 Å². The van der Waals surface area contributed by atoms with Gasteiger partial charge in [-0.25, -0.2) is 23.7 Å². The topological polar surface area (TPSA) is 52.0 Å². The van der Waals surface area contributed by atoms with Gasteiger partial charge in [-0.1, -0.05) is 42.2 Å². The standard InChI is InChI=1S/C39H25N3O3.C6H4N.2Pt/c1-41-20-21-42(28-41)32-11-9-17-36(26-32)45-35-16-8-10-30(22-35)39-25-29(18-19-40-39)31-23-37(43-33-12-4-2-5-13-33)27-38(24-31)44-34-14-6-3-7-15-34;1-2-7-5-3-4-6-7;;/h2-14,16-17,19-21,23,25,27-28H,1H3;3-6H;;/q-6;-1;;+4. The van der Waals surface area contributed by atoms with Crippen molar-refractivity contribution in [2.45, 2.75) is 0 Å². The maximum absolute atomic E-state index is 6.57. The van der Waals surface area contributed by atoms with Crippen LogP contribution >= 0.6 is 0 Å². The summed E-state index contributed by atoms with van der Waals surface area (Å²) in [6.07, 6.45) is 15.7. The van der Waals surface area contributed by atoms with E-state index in [1.165, 1.54) is 0 Å². The number of rotatable bonds is 9. The van der Waals surface area contributed by atoms with Crippen LogP contribution in [0.1, 0.15) is 0 Å². The molecule has 1 aliphatic heterocycles. The third-order valence-electron chi connectivity index (χ3n) is 7.49. The van der Waals surface area contributed by atoms with E-state index >= 15 is 0 Å². The van der Waals surface area contributed by atoms with E-state index in [-0.39, 0.29) is 42.1 Å². The van der Waals surface area contributed by atoms with Crippen LogP contribution in [0, 0.1) is 49.5 Å². The Morgan fingerprint density at radius 2 is 1.37 bits per heavy atom. The van der Waals surface area contributed by atoms with Crippen LogP contribution in [-0.2, 0) is 42.1 Å². The van der Waals surface area contributed by atoms with Gasteiger partial charge in [-0.05, 0) is 43.7 Å². The molecule has 0 saturated heterocycles. The number of nitrogens with zero attached hydrogens (tertiary/aromatic N) is 4. The van der Waals surface area contributed by atoms with E-state index in [2.05, 4.69) is 41.4 Å². The van der Waals surface area contributed by atoms with Gasteiger partial charge < -0.3 is 40.0 Å². The molecule has 0 radical (unpaired) electrons. The normalized spacial score (nSPS) is 11.3. The molecule has 0 amide bonds. The first-order valence-electron chi connectivity index (χ1n) is 16.2. The number of aromatic nitrogens is 2. The van der Waals surface area contributed by atoms with Crippen LogP contribution in [0.25, 0.3) is 22.4 Å². The average molecular weight is 1060 g/mol. The summed E-state index contributed by atoms with van der Waals surface area (Å²) in [6.45, 7) is 1.97. The molecule has 5 aromatic carbocycles. The smallest absolute Gasteiger partial charge is 0.669 e. The van der Waals surface area contributed by atoms with E-state index in [4.69, 9.17) is 20.6 Å². The summed E-state index contributed by atoms with van der Waals surface area (Å²) in [6, 6.07) is 56.4. The predicted molar refractivity (Wildman–Crippen MR) is 199 cm³/mol. The van der Waals surface area contributed by atoms with Crippen molar-refractivity contribution in [2.24, 2.45) is 0 Å². The van der Waals surface area contributed by atoms with Crippen molar-refractivity contribution < 1.29 is 56.3 Å². The predicted octanol–water partition coefficient (Wildman–Crippen LogP) is 10.0. The molecule has 0 aliphatic carbocycles. The Kier molecular flexibility index (Phi) is 14.1. The van der Waals surface area contributed by atoms with Crippen molar-refractivity contribution in [1.82, 2.24) is 14.5 Å². The summed E-state index contributed by atoms with van der Waals surface area (Å²) in [7, 11) is 1.97. The Morgan fingerprint density at radius 3 is 2.09 bits per heavy atom. The fraction of sp³-hybridized carbons (Fsp3) is 0.0222. The summed E-state index contributed by atoms with van der Waals surface area (Å²) in [5, 5.41) is 0. The third kappa shape index (κ3) is 10.6. The third-order valence-corrected chi connectivity index (χ3v) is 7.49. The van der Waals surface area contributed by atoms with Crippen molar-refractivity contribution in [3.8, 4) is 62.9 Å². The second-order valence-corrected chi connectivity index (χ2v) is 11.3. The maximum Gasteiger partial charge on any atom is 4.00 e. The van der Waals surface area contributed by atoms with Crippen LogP contribution in [-0.4, -0.2) is 21.5 Å². The van der Waals surface area contributed by atoms with Crippen LogP contribution < -0.4 is 19.1 Å². The minimum atomic E-state index is 0. The molecule has 0 fully saturated rings. The minimum absolute atomic E-state index is 0. The Balaban J connectivity index is 0.000000562. The molecule has 7 aromatic rings. The number of para-hydroxylation sites is 2. The van der Waals surface area contributed by atoms with E-state index < -0.39 is 0 Å². The Hall–Kier alpha value is -5.79. The number of pyridine rings is 1. The summed E-state index contributed by atoms with van der Waals surface area (Å²) in [5.74, 6) is 3.51. The SMILES string of the molecule is CN1C=CN(c2[c-]c(Oc3[c-]c(-c4cc(-c5[c-]c(Oc6[c-]cccc6)cc(Oc6ccccc6)c5)[c-]cn4)ccc3)ccc2)[CH-]1.[C-]#Cn1cccc1.[Pt+4].[Pt]. The molecule has 0 spiro atoms. The number of ether oxygens (including phenoxy) is 3. The van der Waals surface area contributed by atoms with Gasteiger partial charge in [-0.3, -0.25) is 5.56 Å². The Bertz CT molecular complexity index is 2250. The first-order chi connectivity index (χ1) is 25.6. The fourth-order valence-electron chi connectivity index (χ4n) is 5.07. The van der Waals surface area contributed by atoms with Crippen LogP contribution in [0.15, 0.2) is 152 Å². The van der Waals surface area contributed by atoms with E-state index in [0.717, 1.165) is 22.4 Å². The molecular formula is C45H29N4O3Pt2-3. The maximum atomic E-state index is 6.57. The monoisotopic (exact) mass is 1060 g/mol. The van der Waals surface area contributed by atoms with E-state index in [9.17, 15) is 0 Å². The van der Waals surface area contributed by atoms with Crippen LogP contribution in [0.2, 0.25) is 0 Å². The molecule has 2 aromatic heterocycles. The average Bonchev–Trinajstić information content (AvgIpc) is 3.89. The van der Waals surface area contributed by atoms with Crippen LogP contribution in [0.5, 0.6) is 34.5 Å². The Labute approximate surface area is 345 Å². The van der Waals surface area contributed by atoms with Gasteiger partial charge in [-0.15, -0.1) is 59.8 Å². The van der Waals surface area contributed by atoms with Gasteiger partial charge in [0, 0.05) is 62.2 Å². The largest absolute Gasteiger partial charge is 4.00 e. The van der Waals surface area contributed by atoms with Gasteiger partial charge in [-0.2, -0.15) is 43.1 Å². The van der Waals surface area contributed by atoms with Gasteiger partial charge in [0.15, 0.2) is 0 Å². The summed E-state index contributed by atoms with van der Waals surface area (Å²) in [4.78, 5) is 8.53.